The molecule has 0 saturated carbocycles. The van der Waals surface area contributed by atoms with Crippen LogP contribution in [0.2, 0.25) is 0 Å². The van der Waals surface area contributed by atoms with Gasteiger partial charge in [0.15, 0.2) is 0 Å². The van der Waals surface area contributed by atoms with Gasteiger partial charge in [-0.15, -0.1) is 0 Å². The zero-order valence-electron chi connectivity index (χ0n) is 17.3. The lowest BCUT2D eigenvalue weighted by atomic mass is 10.2. The van der Waals surface area contributed by atoms with Gasteiger partial charge in [0.2, 0.25) is 0 Å². The highest BCUT2D eigenvalue weighted by atomic mass is 19.1. The van der Waals surface area contributed by atoms with E-state index in [-0.39, 0.29) is 18.3 Å². The molecule has 4 aromatic rings. The highest BCUT2D eigenvalue weighted by Gasteiger charge is 2.13. The molecule has 0 radical (unpaired) electrons. The fraction of sp³-hybridized carbons (Fsp3) is 0.200. The van der Waals surface area contributed by atoms with Gasteiger partial charge in [-0.3, -0.25) is 4.79 Å². The molecule has 6 heteroatoms. The number of imidazole rings is 1. The van der Waals surface area contributed by atoms with Crippen molar-refractivity contribution in [2.24, 2.45) is 0 Å². The number of ether oxygens (including phenoxy) is 1. The van der Waals surface area contributed by atoms with E-state index in [1.807, 2.05) is 36.4 Å². The number of nitrogens with one attached hydrogen (secondary N) is 1. The van der Waals surface area contributed by atoms with Crippen molar-refractivity contribution in [3.63, 3.8) is 0 Å². The summed E-state index contributed by atoms with van der Waals surface area (Å²) in [6, 6.07) is 21.4. The van der Waals surface area contributed by atoms with Crippen LogP contribution in [0.5, 0.6) is 5.75 Å². The molecular weight excluding hydrogens is 393 g/mol. The van der Waals surface area contributed by atoms with E-state index >= 15 is 0 Å². The Labute approximate surface area is 180 Å². The van der Waals surface area contributed by atoms with E-state index in [4.69, 9.17) is 4.74 Å². The largest absolute Gasteiger partial charge is 0.492 e. The van der Waals surface area contributed by atoms with E-state index in [0.717, 1.165) is 29.0 Å². The number of benzene rings is 3. The third-order valence-electron chi connectivity index (χ3n) is 5.16. The second-order valence-electron chi connectivity index (χ2n) is 7.20. The fourth-order valence-electron chi connectivity index (χ4n) is 3.45. The number of rotatable bonds is 8. The van der Waals surface area contributed by atoms with Gasteiger partial charge in [-0.1, -0.05) is 31.2 Å². The number of hydrogen-bond acceptors (Lipinski definition) is 3. The van der Waals surface area contributed by atoms with Crippen molar-refractivity contribution in [3.05, 3.63) is 95.6 Å². The number of aryl methyl sites for hydroxylation is 1. The van der Waals surface area contributed by atoms with Gasteiger partial charge < -0.3 is 14.6 Å². The molecule has 4 rings (SSSR count). The summed E-state index contributed by atoms with van der Waals surface area (Å²) in [4.78, 5) is 17.1. The van der Waals surface area contributed by atoms with Gasteiger partial charge in [0.25, 0.3) is 5.91 Å². The van der Waals surface area contributed by atoms with Crippen molar-refractivity contribution in [3.8, 4) is 5.75 Å². The third-order valence-corrected chi connectivity index (χ3v) is 5.16. The second-order valence-corrected chi connectivity index (χ2v) is 7.20. The average Bonchev–Trinajstić information content (AvgIpc) is 3.16. The maximum atomic E-state index is 13.1. The van der Waals surface area contributed by atoms with E-state index in [1.165, 1.54) is 29.8 Å². The zero-order chi connectivity index (χ0) is 21.6. The number of fused-ring (bicyclic) bond motifs is 1. The number of aromatic nitrogens is 2. The number of carbonyl (C=O) groups excluding carboxylic acids is 1. The smallest absolute Gasteiger partial charge is 0.251 e. The fourth-order valence-corrected chi connectivity index (χ4v) is 3.45. The van der Waals surface area contributed by atoms with Gasteiger partial charge in [0.1, 0.15) is 24.0 Å². The molecule has 1 heterocycles. The van der Waals surface area contributed by atoms with E-state index in [2.05, 4.69) is 33.9 Å². The van der Waals surface area contributed by atoms with Crippen LogP contribution >= 0.6 is 0 Å². The molecule has 158 valence electrons. The molecular formula is C25H24FN3O2. The normalized spacial score (nSPS) is 10.9. The lowest BCUT2D eigenvalue weighted by Crippen LogP contribution is -2.25. The van der Waals surface area contributed by atoms with E-state index in [9.17, 15) is 9.18 Å². The van der Waals surface area contributed by atoms with Crippen LogP contribution in [0.3, 0.4) is 0 Å². The Balaban J connectivity index is 1.46. The Hall–Kier alpha value is -3.67. The molecule has 31 heavy (non-hydrogen) atoms. The average molecular weight is 417 g/mol. The SMILES string of the molecule is CCc1ccc(OCCn2c(CNC(=O)c3ccc(F)cc3)nc3ccccc32)cc1. The summed E-state index contributed by atoms with van der Waals surface area (Å²) in [5.74, 6) is 0.919. The number of hydrogen-bond donors (Lipinski definition) is 1. The molecule has 0 aliphatic heterocycles. The molecule has 1 N–H and O–H groups in total. The van der Waals surface area contributed by atoms with Crippen LogP contribution in [-0.4, -0.2) is 22.1 Å². The van der Waals surface area contributed by atoms with Crippen LogP contribution in [0.4, 0.5) is 4.39 Å². The summed E-state index contributed by atoms with van der Waals surface area (Å²) in [6.45, 7) is 3.45. The Morgan fingerprint density at radius 3 is 2.52 bits per heavy atom. The van der Waals surface area contributed by atoms with Gasteiger partial charge in [-0.2, -0.15) is 0 Å². The van der Waals surface area contributed by atoms with E-state index < -0.39 is 0 Å². The molecule has 1 aromatic heterocycles. The number of carbonyl (C=O) groups is 1. The van der Waals surface area contributed by atoms with Crippen molar-refractivity contribution in [2.75, 3.05) is 6.61 Å². The summed E-state index contributed by atoms with van der Waals surface area (Å²) in [5, 5.41) is 2.87. The van der Waals surface area contributed by atoms with E-state index in [0.29, 0.717) is 18.7 Å². The summed E-state index contributed by atoms with van der Waals surface area (Å²) in [6.07, 6.45) is 0.994. The number of halogens is 1. The lowest BCUT2D eigenvalue weighted by molar-refractivity contribution is 0.0949. The van der Waals surface area contributed by atoms with Crippen LogP contribution < -0.4 is 10.1 Å². The van der Waals surface area contributed by atoms with Crippen molar-refractivity contribution in [1.29, 1.82) is 0 Å². The molecule has 3 aromatic carbocycles. The van der Waals surface area contributed by atoms with Gasteiger partial charge in [0.05, 0.1) is 24.1 Å². The monoisotopic (exact) mass is 417 g/mol. The van der Waals surface area contributed by atoms with Crippen molar-refractivity contribution in [2.45, 2.75) is 26.4 Å². The standard InChI is InChI=1S/C25H24FN3O2/c1-2-18-7-13-21(14-8-18)31-16-15-29-23-6-4-3-5-22(23)28-24(29)17-27-25(30)19-9-11-20(26)12-10-19/h3-14H,2,15-17H2,1H3,(H,27,30). The van der Waals surface area contributed by atoms with Crippen LogP contribution in [-0.2, 0) is 19.5 Å². The number of nitrogens with zero attached hydrogens (tertiary/aromatic N) is 2. The first-order chi connectivity index (χ1) is 15.1. The third kappa shape index (κ3) is 4.91. The molecule has 5 nitrogen and oxygen atoms in total. The zero-order valence-corrected chi connectivity index (χ0v) is 17.3. The highest BCUT2D eigenvalue weighted by molar-refractivity contribution is 5.94. The van der Waals surface area contributed by atoms with Gasteiger partial charge in [-0.25, -0.2) is 9.37 Å². The summed E-state index contributed by atoms with van der Waals surface area (Å²) >= 11 is 0. The highest BCUT2D eigenvalue weighted by Crippen LogP contribution is 2.17. The minimum absolute atomic E-state index is 0.260. The summed E-state index contributed by atoms with van der Waals surface area (Å²) in [5.41, 5.74) is 3.52. The van der Waals surface area contributed by atoms with Crippen molar-refractivity contribution >= 4 is 16.9 Å². The van der Waals surface area contributed by atoms with Gasteiger partial charge in [-0.05, 0) is 60.5 Å². The van der Waals surface area contributed by atoms with Crippen LogP contribution in [0.25, 0.3) is 11.0 Å². The van der Waals surface area contributed by atoms with Crippen LogP contribution in [0, 0.1) is 5.82 Å². The first-order valence-electron chi connectivity index (χ1n) is 10.3. The lowest BCUT2D eigenvalue weighted by Gasteiger charge is -2.12. The molecule has 0 aliphatic carbocycles. The van der Waals surface area contributed by atoms with Crippen LogP contribution in [0.15, 0.2) is 72.8 Å². The Kier molecular flexibility index (Phi) is 6.26. The maximum Gasteiger partial charge on any atom is 0.251 e. The maximum absolute atomic E-state index is 13.1. The predicted octanol–water partition coefficient (Wildman–Crippen LogP) is 4.75. The molecule has 0 aliphatic rings. The molecule has 0 fully saturated rings. The summed E-state index contributed by atoms with van der Waals surface area (Å²) < 4.78 is 21.1. The molecule has 0 unspecified atom stereocenters. The quantitative estimate of drug-likeness (QED) is 0.450. The Bertz CT molecular complexity index is 1170. The molecule has 0 atom stereocenters. The first-order valence-corrected chi connectivity index (χ1v) is 10.3. The minimum Gasteiger partial charge on any atom is -0.492 e. The molecule has 1 amide bonds. The summed E-state index contributed by atoms with van der Waals surface area (Å²) in [7, 11) is 0. The second kappa shape index (κ2) is 9.43. The Morgan fingerprint density at radius 2 is 1.77 bits per heavy atom. The van der Waals surface area contributed by atoms with Crippen molar-refractivity contribution < 1.29 is 13.9 Å². The van der Waals surface area contributed by atoms with Gasteiger partial charge >= 0.3 is 0 Å². The molecule has 0 bridgehead atoms. The molecule has 0 saturated heterocycles. The minimum atomic E-state index is -0.373. The van der Waals surface area contributed by atoms with Gasteiger partial charge in [0, 0.05) is 5.56 Å². The van der Waals surface area contributed by atoms with E-state index in [1.54, 1.807) is 0 Å². The first kappa shape index (κ1) is 20.6. The number of para-hydroxylation sites is 2. The topological polar surface area (TPSA) is 56.1 Å². The van der Waals surface area contributed by atoms with Crippen molar-refractivity contribution in [1.82, 2.24) is 14.9 Å². The van der Waals surface area contributed by atoms with Crippen LogP contribution in [0.1, 0.15) is 28.7 Å². The number of amides is 1. The predicted molar refractivity (Wildman–Crippen MR) is 119 cm³/mol. The Morgan fingerprint density at radius 1 is 1.03 bits per heavy atom. The molecule has 0 spiro atoms.